The summed E-state index contributed by atoms with van der Waals surface area (Å²) in [5, 5.41) is 0. The Morgan fingerprint density at radius 3 is 2.48 bits per heavy atom. The predicted molar refractivity (Wildman–Crippen MR) is 104 cm³/mol. The second-order valence-corrected chi connectivity index (χ2v) is 11.1. The van der Waals surface area contributed by atoms with E-state index in [0.29, 0.717) is 5.75 Å². The van der Waals surface area contributed by atoms with Crippen LogP contribution in [0, 0.1) is 0 Å². The molecule has 0 aliphatic carbocycles. The molecule has 2 aliphatic heterocycles. The highest BCUT2D eigenvalue weighted by Crippen LogP contribution is 2.29. The number of sulfonamides is 2. The lowest BCUT2D eigenvalue weighted by Crippen LogP contribution is -2.50. The van der Waals surface area contributed by atoms with E-state index in [0.717, 1.165) is 4.31 Å². The minimum Gasteiger partial charge on any atom is -0.497 e. The number of likely N-dealkylation sites (N-methyl/N-ethyl adjacent to an activating group) is 1. The molecule has 29 heavy (non-hydrogen) atoms. The van der Waals surface area contributed by atoms with Crippen molar-refractivity contribution >= 4 is 26.0 Å². The van der Waals surface area contributed by atoms with Gasteiger partial charge in [-0.15, -0.1) is 0 Å². The quantitative estimate of drug-likeness (QED) is 0.580. The number of hydrogen-bond donors (Lipinski definition) is 0. The molecule has 1 aromatic carbocycles. The van der Waals surface area contributed by atoms with Crippen LogP contribution in [-0.4, -0.2) is 102 Å². The minimum atomic E-state index is -3.86. The molecular weight excluding hydrogens is 422 g/mol. The van der Waals surface area contributed by atoms with Crippen LogP contribution in [0.5, 0.6) is 5.75 Å². The van der Waals surface area contributed by atoms with Gasteiger partial charge in [-0.1, -0.05) is 0 Å². The van der Waals surface area contributed by atoms with E-state index in [2.05, 4.69) is 0 Å². The maximum Gasteiger partial charge on any atom is 0.243 e. The van der Waals surface area contributed by atoms with Crippen molar-refractivity contribution in [1.29, 1.82) is 0 Å². The number of rotatable bonds is 5. The fraction of sp³-hybridized carbons (Fsp3) is 0.588. The first-order chi connectivity index (χ1) is 13.6. The SMILES string of the molecule is COc1ccc(S(=O)(=O)N2C[C@@H]3OCCS(=O)(=O)N(CC(=O)N(C)C)[C@@H]3C2)cc1. The topological polar surface area (TPSA) is 114 Å². The number of carbonyl (C=O) groups is 1. The summed E-state index contributed by atoms with van der Waals surface area (Å²) >= 11 is 0. The van der Waals surface area contributed by atoms with Crippen molar-refractivity contribution in [3.63, 3.8) is 0 Å². The van der Waals surface area contributed by atoms with Crippen LogP contribution in [0.1, 0.15) is 0 Å². The third kappa shape index (κ3) is 4.40. The number of carbonyl (C=O) groups excluding carboxylic acids is 1. The molecule has 0 bridgehead atoms. The second-order valence-electron chi connectivity index (χ2n) is 7.12. The summed E-state index contributed by atoms with van der Waals surface area (Å²) in [6.45, 7) is -0.469. The number of fused-ring (bicyclic) bond motifs is 1. The van der Waals surface area contributed by atoms with Gasteiger partial charge in [0.05, 0.1) is 43.1 Å². The second kappa shape index (κ2) is 8.19. The van der Waals surface area contributed by atoms with Gasteiger partial charge in [0, 0.05) is 27.2 Å². The average Bonchev–Trinajstić information content (AvgIpc) is 3.05. The first-order valence-electron chi connectivity index (χ1n) is 9.02. The summed E-state index contributed by atoms with van der Waals surface area (Å²) < 4.78 is 64.5. The monoisotopic (exact) mass is 447 g/mol. The molecule has 10 nitrogen and oxygen atoms in total. The van der Waals surface area contributed by atoms with Crippen LogP contribution in [0.3, 0.4) is 0 Å². The fourth-order valence-corrected chi connectivity index (χ4v) is 6.31. The lowest BCUT2D eigenvalue weighted by atomic mass is 10.2. The summed E-state index contributed by atoms with van der Waals surface area (Å²) in [4.78, 5) is 13.6. The molecule has 2 atom stereocenters. The van der Waals surface area contributed by atoms with Crippen LogP contribution in [0.15, 0.2) is 29.2 Å². The molecule has 0 aromatic heterocycles. The zero-order valence-corrected chi connectivity index (χ0v) is 18.1. The van der Waals surface area contributed by atoms with Crippen LogP contribution in [0.25, 0.3) is 0 Å². The molecule has 0 saturated carbocycles. The summed E-state index contributed by atoms with van der Waals surface area (Å²) in [6.07, 6.45) is -0.643. The Kier molecular flexibility index (Phi) is 6.20. The number of benzene rings is 1. The van der Waals surface area contributed by atoms with E-state index in [4.69, 9.17) is 9.47 Å². The lowest BCUT2D eigenvalue weighted by Gasteiger charge is -2.28. The maximum absolute atomic E-state index is 13.0. The van der Waals surface area contributed by atoms with Crippen molar-refractivity contribution in [3.8, 4) is 5.75 Å². The third-order valence-corrected chi connectivity index (χ3v) is 8.73. The van der Waals surface area contributed by atoms with Gasteiger partial charge in [-0.05, 0) is 24.3 Å². The smallest absolute Gasteiger partial charge is 0.243 e. The first kappa shape index (κ1) is 22.0. The molecule has 162 valence electrons. The summed E-state index contributed by atoms with van der Waals surface area (Å²) in [7, 11) is -3.06. The van der Waals surface area contributed by atoms with Crippen LogP contribution in [0.4, 0.5) is 0 Å². The Balaban J connectivity index is 1.88. The highest BCUT2D eigenvalue weighted by Gasteiger charge is 2.48. The maximum atomic E-state index is 13.0. The summed E-state index contributed by atoms with van der Waals surface area (Å²) in [5.41, 5.74) is 0. The Labute approximate surface area is 171 Å². The Bertz CT molecular complexity index is 961. The largest absolute Gasteiger partial charge is 0.497 e. The van der Waals surface area contributed by atoms with E-state index in [1.807, 2.05) is 0 Å². The lowest BCUT2D eigenvalue weighted by molar-refractivity contribution is -0.129. The van der Waals surface area contributed by atoms with Gasteiger partial charge >= 0.3 is 0 Å². The first-order valence-corrected chi connectivity index (χ1v) is 12.1. The van der Waals surface area contributed by atoms with Crippen LogP contribution in [0.2, 0.25) is 0 Å². The van der Waals surface area contributed by atoms with Gasteiger partial charge in [0.1, 0.15) is 5.75 Å². The van der Waals surface area contributed by atoms with Crippen LogP contribution in [-0.2, 0) is 29.6 Å². The van der Waals surface area contributed by atoms with Crippen LogP contribution < -0.4 is 4.74 Å². The molecule has 2 saturated heterocycles. The van der Waals surface area contributed by atoms with Gasteiger partial charge in [-0.3, -0.25) is 4.79 Å². The number of ether oxygens (including phenoxy) is 2. The number of methoxy groups -OCH3 is 1. The Morgan fingerprint density at radius 2 is 1.90 bits per heavy atom. The zero-order chi connectivity index (χ0) is 21.4. The van der Waals surface area contributed by atoms with E-state index in [1.54, 1.807) is 12.1 Å². The van der Waals surface area contributed by atoms with E-state index in [9.17, 15) is 21.6 Å². The molecule has 0 radical (unpaired) electrons. The number of amides is 1. The molecule has 0 spiro atoms. The van der Waals surface area contributed by atoms with Crippen molar-refractivity contribution in [2.24, 2.45) is 0 Å². The van der Waals surface area contributed by atoms with Crippen LogP contribution >= 0.6 is 0 Å². The predicted octanol–water partition coefficient (Wildman–Crippen LogP) is -0.813. The fourth-order valence-electron chi connectivity index (χ4n) is 3.38. The van der Waals surface area contributed by atoms with Crippen molar-refractivity contribution in [2.75, 3.05) is 53.2 Å². The number of nitrogens with zero attached hydrogens (tertiary/aromatic N) is 3. The van der Waals surface area contributed by atoms with E-state index in [1.165, 1.54) is 42.5 Å². The molecule has 0 unspecified atom stereocenters. The Hall–Kier alpha value is -1.73. The highest BCUT2D eigenvalue weighted by molar-refractivity contribution is 7.89. The van der Waals surface area contributed by atoms with Crippen molar-refractivity contribution in [2.45, 2.75) is 17.0 Å². The molecule has 2 heterocycles. The standard InChI is InChI=1S/C17H25N3O7S2/c1-18(2)17(21)12-20-15-10-19(11-16(15)27-8-9-28(20,22)23)29(24,25)14-6-4-13(26-3)5-7-14/h4-7,15-16H,8-12H2,1-3H3/t15-,16+/m1/s1. The molecule has 0 N–H and O–H groups in total. The van der Waals surface area contributed by atoms with Crippen molar-refractivity contribution < 1.29 is 31.1 Å². The molecule has 1 amide bonds. The normalized spacial score (nSPS) is 25.2. The molecular formula is C17H25N3O7S2. The van der Waals surface area contributed by atoms with E-state index < -0.39 is 32.2 Å². The van der Waals surface area contributed by atoms with Gasteiger partial charge in [-0.2, -0.15) is 8.61 Å². The molecule has 2 fully saturated rings. The van der Waals surface area contributed by atoms with Crippen molar-refractivity contribution in [1.82, 2.24) is 13.5 Å². The minimum absolute atomic E-state index is 0.0151. The van der Waals surface area contributed by atoms with Gasteiger partial charge in [-0.25, -0.2) is 16.8 Å². The highest BCUT2D eigenvalue weighted by atomic mass is 32.2. The molecule has 2 aliphatic rings. The van der Waals surface area contributed by atoms with E-state index in [-0.39, 0.29) is 42.8 Å². The summed E-state index contributed by atoms with van der Waals surface area (Å²) in [6, 6.07) is 5.20. The third-order valence-electron chi connectivity index (χ3n) is 5.09. The molecule has 3 rings (SSSR count). The van der Waals surface area contributed by atoms with Gasteiger partial charge in [0.25, 0.3) is 0 Å². The van der Waals surface area contributed by atoms with Gasteiger partial charge in [0.15, 0.2) is 0 Å². The van der Waals surface area contributed by atoms with Gasteiger partial charge in [0.2, 0.25) is 26.0 Å². The zero-order valence-electron chi connectivity index (χ0n) is 16.5. The average molecular weight is 448 g/mol. The summed E-state index contributed by atoms with van der Waals surface area (Å²) in [5.74, 6) is -0.102. The van der Waals surface area contributed by atoms with E-state index >= 15 is 0 Å². The molecule has 1 aromatic rings. The Morgan fingerprint density at radius 1 is 1.24 bits per heavy atom. The van der Waals surface area contributed by atoms with Gasteiger partial charge < -0.3 is 14.4 Å². The molecule has 12 heteroatoms. The number of hydrogen-bond acceptors (Lipinski definition) is 7. The van der Waals surface area contributed by atoms with Crippen molar-refractivity contribution in [3.05, 3.63) is 24.3 Å².